The molecule has 1 aromatic heterocycles. The van der Waals surface area contributed by atoms with Gasteiger partial charge in [0.25, 0.3) is 0 Å². The van der Waals surface area contributed by atoms with Crippen LogP contribution in [0.4, 0.5) is 0 Å². The summed E-state index contributed by atoms with van der Waals surface area (Å²) in [5.41, 5.74) is 0. The van der Waals surface area contributed by atoms with Crippen LogP contribution in [0.5, 0.6) is 6.01 Å². The highest BCUT2D eigenvalue weighted by molar-refractivity contribution is 6.30. The average Bonchev–Trinajstić information content (AvgIpc) is 2.96. The Morgan fingerprint density at radius 2 is 2.09 bits per heavy atom. The number of halogens is 1. The van der Waals surface area contributed by atoms with Gasteiger partial charge in [0.15, 0.2) is 0 Å². The van der Waals surface area contributed by atoms with Crippen molar-refractivity contribution in [3.63, 3.8) is 0 Å². The van der Waals surface area contributed by atoms with Crippen molar-refractivity contribution in [3.8, 4) is 6.01 Å². The predicted octanol–water partition coefficient (Wildman–Crippen LogP) is 1.45. The number of aromatic nitrogens is 2. The molecular formula is C14H18ClN3O4. The van der Waals surface area contributed by atoms with E-state index in [4.69, 9.17) is 21.1 Å². The molecule has 1 aliphatic heterocycles. The van der Waals surface area contributed by atoms with E-state index in [2.05, 4.69) is 9.97 Å². The zero-order valence-corrected chi connectivity index (χ0v) is 13.1. The summed E-state index contributed by atoms with van der Waals surface area (Å²) in [6, 6.07) is 0.246. The highest BCUT2D eigenvalue weighted by atomic mass is 35.5. The highest BCUT2D eigenvalue weighted by Crippen LogP contribution is 2.17. The van der Waals surface area contributed by atoms with Crippen molar-refractivity contribution >= 4 is 23.5 Å². The summed E-state index contributed by atoms with van der Waals surface area (Å²) in [7, 11) is 0. The lowest BCUT2D eigenvalue weighted by Crippen LogP contribution is -2.31. The van der Waals surface area contributed by atoms with E-state index in [1.807, 2.05) is 0 Å². The fourth-order valence-corrected chi connectivity index (χ4v) is 2.26. The average molecular weight is 328 g/mol. The Hall–Kier alpha value is -1.89. The van der Waals surface area contributed by atoms with Gasteiger partial charge in [0.2, 0.25) is 5.91 Å². The molecule has 0 radical (unpaired) electrons. The molecule has 1 aliphatic rings. The molecule has 0 spiro atoms. The molecule has 120 valence electrons. The van der Waals surface area contributed by atoms with E-state index < -0.39 is 0 Å². The lowest BCUT2D eigenvalue weighted by molar-refractivity contribution is -0.145. The van der Waals surface area contributed by atoms with Crippen LogP contribution in [0, 0.1) is 0 Å². The van der Waals surface area contributed by atoms with E-state index in [9.17, 15) is 9.59 Å². The molecule has 0 N–H and O–H groups in total. The van der Waals surface area contributed by atoms with E-state index in [1.165, 1.54) is 12.4 Å². The number of nitrogens with zero attached hydrogens (tertiary/aromatic N) is 3. The molecule has 22 heavy (non-hydrogen) atoms. The molecule has 2 heterocycles. The van der Waals surface area contributed by atoms with Crippen LogP contribution in [0.3, 0.4) is 0 Å². The van der Waals surface area contributed by atoms with Gasteiger partial charge in [0, 0.05) is 19.4 Å². The van der Waals surface area contributed by atoms with Gasteiger partial charge in [-0.3, -0.25) is 9.59 Å². The molecule has 0 saturated carbocycles. The second-order valence-electron chi connectivity index (χ2n) is 4.86. The molecule has 1 saturated heterocycles. The molecule has 1 atom stereocenters. The third kappa shape index (κ3) is 4.84. The molecule has 7 nitrogen and oxygen atoms in total. The molecule has 0 bridgehead atoms. The van der Waals surface area contributed by atoms with E-state index in [0.29, 0.717) is 31.1 Å². The summed E-state index contributed by atoms with van der Waals surface area (Å²) in [6.45, 7) is 3.13. The molecule has 1 amide bonds. The first-order valence-electron chi connectivity index (χ1n) is 7.16. The van der Waals surface area contributed by atoms with Gasteiger partial charge >= 0.3 is 12.0 Å². The number of hydrogen-bond acceptors (Lipinski definition) is 6. The first-order chi connectivity index (χ1) is 10.6. The SMILES string of the molecule is CCOC(=O)CCC(=O)N1CC[C@@H](Oc2ncc(Cl)cn2)C1. The van der Waals surface area contributed by atoms with Crippen LogP contribution >= 0.6 is 11.6 Å². The molecule has 0 aliphatic carbocycles. The molecule has 0 aromatic carbocycles. The zero-order valence-electron chi connectivity index (χ0n) is 12.3. The topological polar surface area (TPSA) is 81.6 Å². The van der Waals surface area contributed by atoms with Crippen molar-refractivity contribution in [2.24, 2.45) is 0 Å². The van der Waals surface area contributed by atoms with Gasteiger partial charge in [0.1, 0.15) is 6.10 Å². The fourth-order valence-electron chi connectivity index (χ4n) is 2.16. The second-order valence-corrected chi connectivity index (χ2v) is 5.29. The summed E-state index contributed by atoms with van der Waals surface area (Å²) in [5.74, 6) is -0.423. The Kier molecular flexibility index (Phi) is 5.94. The minimum absolute atomic E-state index is 0.0730. The lowest BCUT2D eigenvalue weighted by atomic mass is 10.3. The summed E-state index contributed by atoms with van der Waals surface area (Å²) >= 11 is 5.70. The minimum atomic E-state index is -0.350. The van der Waals surface area contributed by atoms with Crippen LogP contribution in [0.15, 0.2) is 12.4 Å². The van der Waals surface area contributed by atoms with E-state index in [-0.39, 0.29) is 36.8 Å². The first kappa shape index (κ1) is 16.5. The maximum Gasteiger partial charge on any atom is 0.316 e. The van der Waals surface area contributed by atoms with Crippen LogP contribution in [-0.4, -0.2) is 52.5 Å². The van der Waals surface area contributed by atoms with Crippen molar-refractivity contribution in [3.05, 3.63) is 17.4 Å². The Labute approximate surface area is 133 Å². The van der Waals surface area contributed by atoms with Crippen LogP contribution in [0.2, 0.25) is 5.02 Å². The summed E-state index contributed by atoms with van der Waals surface area (Å²) < 4.78 is 10.4. The Morgan fingerprint density at radius 3 is 2.77 bits per heavy atom. The van der Waals surface area contributed by atoms with Gasteiger partial charge in [-0.2, -0.15) is 0 Å². The summed E-state index contributed by atoms with van der Waals surface area (Å²) in [6.07, 6.45) is 3.74. The molecule has 1 fully saturated rings. The molecule has 0 unspecified atom stereocenters. The van der Waals surface area contributed by atoms with Crippen LogP contribution in [-0.2, 0) is 14.3 Å². The third-order valence-corrected chi connectivity index (χ3v) is 3.41. The van der Waals surface area contributed by atoms with E-state index >= 15 is 0 Å². The maximum absolute atomic E-state index is 12.0. The largest absolute Gasteiger partial charge is 0.466 e. The van der Waals surface area contributed by atoms with Gasteiger partial charge < -0.3 is 14.4 Å². The summed E-state index contributed by atoms with van der Waals surface area (Å²) in [4.78, 5) is 32.9. The van der Waals surface area contributed by atoms with Gasteiger partial charge in [0.05, 0.1) is 37.0 Å². The number of esters is 1. The quantitative estimate of drug-likeness (QED) is 0.736. The number of ether oxygens (including phenoxy) is 2. The standard InChI is InChI=1S/C14H18ClN3O4/c1-2-21-13(20)4-3-12(19)18-6-5-11(9-18)22-14-16-7-10(15)8-17-14/h7-8,11H,2-6,9H2,1H3/t11-/m1/s1. The number of carbonyl (C=O) groups excluding carboxylic acids is 2. The normalized spacial score (nSPS) is 17.4. The predicted molar refractivity (Wildman–Crippen MR) is 78.5 cm³/mol. The zero-order chi connectivity index (χ0) is 15.9. The Morgan fingerprint density at radius 1 is 1.36 bits per heavy atom. The maximum atomic E-state index is 12.0. The first-order valence-corrected chi connectivity index (χ1v) is 7.54. The number of likely N-dealkylation sites (tertiary alicyclic amines) is 1. The number of hydrogen-bond donors (Lipinski definition) is 0. The summed E-state index contributed by atoms with van der Waals surface area (Å²) in [5, 5.41) is 0.439. The lowest BCUT2D eigenvalue weighted by Gasteiger charge is -2.16. The van der Waals surface area contributed by atoms with Crippen molar-refractivity contribution in [2.45, 2.75) is 32.3 Å². The van der Waals surface area contributed by atoms with Crippen LogP contribution < -0.4 is 4.74 Å². The monoisotopic (exact) mass is 327 g/mol. The molecule has 1 aromatic rings. The fraction of sp³-hybridized carbons (Fsp3) is 0.571. The van der Waals surface area contributed by atoms with Crippen LogP contribution in [0.1, 0.15) is 26.2 Å². The van der Waals surface area contributed by atoms with E-state index in [1.54, 1.807) is 11.8 Å². The van der Waals surface area contributed by atoms with Gasteiger partial charge in [-0.15, -0.1) is 0 Å². The minimum Gasteiger partial charge on any atom is -0.466 e. The molecule has 8 heteroatoms. The highest BCUT2D eigenvalue weighted by Gasteiger charge is 2.28. The van der Waals surface area contributed by atoms with Gasteiger partial charge in [-0.05, 0) is 6.92 Å². The number of amides is 1. The van der Waals surface area contributed by atoms with Crippen molar-refractivity contribution in [1.82, 2.24) is 14.9 Å². The molecular weight excluding hydrogens is 310 g/mol. The Balaban J connectivity index is 1.76. The van der Waals surface area contributed by atoms with Crippen LogP contribution in [0.25, 0.3) is 0 Å². The molecule has 2 rings (SSSR count). The van der Waals surface area contributed by atoms with Crippen molar-refractivity contribution in [2.75, 3.05) is 19.7 Å². The van der Waals surface area contributed by atoms with Gasteiger partial charge in [-0.25, -0.2) is 9.97 Å². The second kappa shape index (κ2) is 7.93. The van der Waals surface area contributed by atoms with Crippen molar-refractivity contribution in [1.29, 1.82) is 0 Å². The third-order valence-electron chi connectivity index (χ3n) is 3.21. The van der Waals surface area contributed by atoms with Crippen molar-refractivity contribution < 1.29 is 19.1 Å². The number of carbonyl (C=O) groups is 2. The smallest absolute Gasteiger partial charge is 0.316 e. The van der Waals surface area contributed by atoms with Gasteiger partial charge in [-0.1, -0.05) is 11.6 Å². The number of rotatable bonds is 6. The van der Waals surface area contributed by atoms with E-state index in [0.717, 1.165) is 0 Å². The Bertz CT molecular complexity index is 523.